The highest BCUT2D eigenvalue weighted by Crippen LogP contribution is 2.26. The van der Waals surface area contributed by atoms with Crippen molar-refractivity contribution in [1.82, 2.24) is 10.2 Å². The Morgan fingerprint density at radius 3 is 2.53 bits per heavy atom. The summed E-state index contributed by atoms with van der Waals surface area (Å²) in [5, 5.41) is 3.32. The molecule has 0 aliphatic carbocycles. The van der Waals surface area contributed by atoms with Crippen LogP contribution in [-0.4, -0.2) is 31.1 Å². The van der Waals surface area contributed by atoms with Gasteiger partial charge in [0.15, 0.2) is 0 Å². The topological polar surface area (TPSA) is 15.3 Å². The van der Waals surface area contributed by atoms with Crippen LogP contribution in [0, 0.1) is 5.82 Å². The normalized spacial score (nSPS) is 18.5. The van der Waals surface area contributed by atoms with Crippen molar-refractivity contribution in [1.29, 1.82) is 0 Å². The molecular formula is C13H20ClFN2. The Kier molecular flexibility index (Phi) is 5.89. The smallest absolute Gasteiger partial charge is 0.127 e. The van der Waals surface area contributed by atoms with Crippen LogP contribution in [-0.2, 0) is 0 Å². The van der Waals surface area contributed by atoms with Crippen LogP contribution in [0.4, 0.5) is 4.39 Å². The van der Waals surface area contributed by atoms with Gasteiger partial charge in [-0.2, -0.15) is 0 Å². The average Bonchev–Trinajstić information content (AvgIpc) is 2.34. The van der Waals surface area contributed by atoms with Gasteiger partial charge in [0.25, 0.3) is 0 Å². The lowest BCUT2D eigenvalue weighted by molar-refractivity contribution is 0.166. The zero-order chi connectivity index (χ0) is 11.4. The van der Waals surface area contributed by atoms with Gasteiger partial charge in [0.2, 0.25) is 0 Å². The molecule has 0 saturated carbocycles. The van der Waals surface area contributed by atoms with Crippen LogP contribution >= 0.6 is 12.4 Å². The van der Waals surface area contributed by atoms with E-state index in [9.17, 15) is 4.39 Å². The Morgan fingerprint density at radius 2 is 1.94 bits per heavy atom. The first-order chi connectivity index (χ1) is 7.83. The Morgan fingerprint density at radius 1 is 1.29 bits per heavy atom. The first kappa shape index (κ1) is 14.4. The minimum Gasteiger partial charge on any atom is -0.314 e. The lowest BCUT2D eigenvalue weighted by atomic mass is 10.0. The van der Waals surface area contributed by atoms with E-state index >= 15 is 0 Å². The van der Waals surface area contributed by atoms with Gasteiger partial charge in [0.05, 0.1) is 0 Å². The van der Waals surface area contributed by atoms with Crippen molar-refractivity contribution in [3.8, 4) is 0 Å². The van der Waals surface area contributed by atoms with Crippen LogP contribution in [0.1, 0.15) is 24.9 Å². The van der Waals surface area contributed by atoms with Crippen molar-refractivity contribution in [3.05, 3.63) is 35.6 Å². The van der Waals surface area contributed by atoms with Crippen LogP contribution in [0.5, 0.6) is 0 Å². The predicted octanol–water partition coefficient (Wildman–Crippen LogP) is 2.60. The third kappa shape index (κ3) is 3.41. The summed E-state index contributed by atoms with van der Waals surface area (Å²) in [7, 11) is 0. The Bertz CT molecular complexity index is 340. The molecule has 0 amide bonds. The maximum atomic E-state index is 13.7. The van der Waals surface area contributed by atoms with Gasteiger partial charge in [0.1, 0.15) is 5.82 Å². The van der Waals surface area contributed by atoms with Crippen LogP contribution < -0.4 is 5.32 Å². The monoisotopic (exact) mass is 258 g/mol. The molecule has 1 aromatic carbocycles. The highest BCUT2D eigenvalue weighted by molar-refractivity contribution is 5.85. The lowest BCUT2D eigenvalue weighted by Gasteiger charge is -2.34. The summed E-state index contributed by atoms with van der Waals surface area (Å²) in [5.74, 6) is -0.0760. The molecule has 0 radical (unpaired) electrons. The van der Waals surface area contributed by atoms with Crippen molar-refractivity contribution in [2.45, 2.75) is 19.4 Å². The molecule has 0 bridgehead atoms. The first-order valence-corrected chi connectivity index (χ1v) is 6.02. The molecule has 4 heteroatoms. The Labute approximate surface area is 109 Å². The van der Waals surface area contributed by atoms with E-state index in [0.29, 0.717) is 0 Å². The number of rotatable bonds is 3. The second kappa shape index (κ2) is 6.94. The highest BCUT2D eigenvalue weighted by atomic mass is 35.5. The molecule has 17 heavy (non-hydrogen) atoms. The molecule has 1 heterocycles. The minimum atomic E-state index is -0.0760. The maximum Gasteiger partial charge on any atom is 0.127 e. The van der Waals surface area contributed by atoms with Crippen LogP contribution in [0.3, 0.4) is 0 Å². The molecule has 1 atom stereocenters. The molecule has 1 N–H and O–H groups in total. The van der Waals surface area contributed by atoms with Crippen LogP contribution in [0.2, 0.25) is 0 Å². The van der Waals surface area contributed by atoms with Crippen molar-refractivity contribution in [2.75, 3.05) is 26.2 Å². The predicted molar refractivity (Wildman–Crippen MR) is 71.1 cm³/mol. The number of halogens is 2. The van der Waals surface area contributed by atoms with E-state index in [1.807, 2.05) is 12.1 Å². The fourth-order valence-electron chi connectivity index (χ4n) is 2.41. The van der Waals surface area contributed by atoms with Crippen molar-refractivity contribution >= 4 is 12.4 Å². The quantitative estimate of drug-likeness (QED) is 0.897. The fraction of sp³-hybridized carbons (Fsp3) is 0.538. The van der Waals surface area contributed by atoms with E-state index in [1.54, 1.807) is 12.1 Å². The summed E-state index contributed by atoms with van der Waals surface area (Å²) < 4.78 is 13.7. The summed E-state index contributed by atoms with van der Waals surface area (Å²) >= 11 is 0. The molecule has 1 aliphatic rings. The highest BCUT2D eigenvalue weighted by Gasteiger charge is 2.22. The average molecular weight is 259 g/mol. The van der Waals surface area contributed by atoms with Crippen LogP contribution in [0.25, 0.3) is 0 Å². The van der Waals surface area contributed by atoms with Crippen LogP contribution in [0.15, 0.2) is 24.3 Å². The molecule has 0 unspecified atom stereocenters. The van der Waals surface area contributed by atoms with E-state index in [4.69, 9.17) is 0 Å². The lowest BCUT2D eigenvalue weighted by Crippen LogP contribution is -2.45. The maximum absolute atomic E-state index is 13.7. The first-order valence-electron chi connectivity index (χ1n) is 6.02. The number of nitrogens with one attached hydrogen (secondary N) is 1. The summed E-state index contributed by atoms with van der Waals surface area (Å²) in [5.41, 5.74) is 0.840. The molecule has 0 spiro atoms. The molecule has 1 aromatic rings. The summed E-state index contributed by atoms with van der Waals surface area (Å²) in [6, 6.07) is 7.36. The second-order valence-corrected chi connectivity index (χ2v) is 4.23. The molecule has 1 saturated heterocycles. The molecule has 2 rings (SSSR count). The molecule has 1 aliphatic heterocycles. The molecule has 2 nitrogen and oxygen atoms in total. The van der Waals surface area contributed by atoms with Gasteiger partial charge in [-0.3, -0.25) is 4.90 Å². The van der Waals surface area contributed by atoms with Gasteiger partial charge in [-0.05, 0) is 12.5 Å². The number of nitrogens with zero attached hydrogens (tertiary/aromatic N) is 1. The fourth-order valence-corrected chi connectivity index (χ4v) is 2.41. The number of hydrogen-bond acceptors (Lipinski definition) is 2. The number of benzene rings is 1. The molecule has 96 valence electrons. The largest absolute Gasteiger partial charge is 0.314 e. The van der Waals surface area contributed by atoms with Crippen molar-refractivity contribution in [3.63, 3.8) is 0 Å². The van der Waals surface area contributed by atoms with E-state index in [-0.39, 0.29) is 24.3 Å². The standard InChI is InChI=1S/C13H19FN2.ClH/c1-2-13(16-9-7-15-8-10-16)11-5-3-4-6-12(11)14;/h3-6,13,15H,2,7-10H2,1H3;1H/t13-;/m0./s1. The Balaban J connectivity index is 0.00000144. The zero-order valence-corrected chi connectivity index (χ0v) is 11.0. The minimum absolute atomic E-state index is 0. The van der Waals surface area contributed by atoms with Gasteiger partial charge in [-0.1, -0.05) is 25.1 Å². The van der Waals surface area contributed by atoms with Gasteiger partial charge < -0.3 is 5.32 Å². The van der Waals surface area contributed by atoms with Crippen molar-refractivity contribution in [2.24, 2.45) is 0 Å². The molecule has 0 aromatic heterocycles. The summed E-state index contributed by atoms with van der Waals surface area (Å²) in [4.78, 5) is 2.37. The third-order valence-corrected chi connectivity index (χ3v) is 3.24. The zero-order valence-electron chi connectivity index (χ0n) is 10.2. The Hall–Kier alpha value is -0.640. The van der Waals surface area contributed by atoms with Crippen molar-refractivity contribution < 1.29 is 4.39 Å². The van der Waals surface area contributed by atoms with Gasteiger partial charge in [0, 0.05) is 37.8 Å². The summed E-state index contributed by atoms with van der Waals surface area (Å²) in [6.45, 7) is 6.15. The van der Waals surface area contributed by atoms with E-state index in [1.165, 1.54) is 0 Å². The SMILES string of the molecule is CC[C@@H](c1ccccc1F)N1CCNCC1.Cl. The third-order valence-electron chi connectivity index (χ3n) is 3.24. The van der Waals surface area contributed by atoms with E-state index in [0.717, 1.165) is 38.2 Å². The molecule has 1 fully saturated rings. The van der Waals surface area contributed by atoms with E-state index < -0.39 is 0 Å². The number of piperazine rings is 1. The van der Waals surface area contributed by atoms with Gasteiger partial charge in [-0.25, -0.2) is 4.39 Å². The molecular weight excluding hydrogens is 239 g/mol. The summed E-state index contributed by atoms with van der Waals surface area (Å²) in [6.07, 6.45) is 0.959. The second-order valence-electron chi connectivity index (χ2n) is 4.23. The van der Waals surface area contributed by atoms with Gasteiger partial charge >= 0.3 is 0 Å². The number of hydrogen-bond donors (Lipinski definition) is 1. The van der Waals surface area contributed by atoms with E-state index in [2.05, 4.69) is 17.1 Å². The van der Waals surface area contributed by atoms with Gasteiger partial charge in [-0.15, -0.1) is 12.4 Å².